The minimum absolute atomic E-state index is 0.855. The van der Waals surface area contributed by atoms with Crippen molar-refractivity contribution in [2.24, 2.45) is 0 Å². The zero-order valence-electron chi connectivity index (χ0n) is 11.9. The van der Waals surface area contributed by atoms with Gasteiger partial charge in [-0.05, 0) is 29.7 Å². The average molecular weight is 277 g/mol. The maximum absolute atomic E-state index is 4.07. The van der Waals surface area contributed by atoms with Gasteiger partial charge in [0.25, 0.3) is 0 Å². The fourth-order valence-corrected chi connectivity index (χ4v) is 2.37. The molecule has 0 fully saturated rings. The van der Waals surface area contributed by atoms with Gasteiger partial charge in [0.2, 0.25) is 0 Å². The molecule has 1 N–H and O–H groups in total. The molecule has 0 radical (unpaired) electrons. The molecule has 3 heteroatoms. The van der Waals surface area contributed by atoms with Crippen LogP contribution in [0.3, 0.4) is 0 Å². The summed E-state index contributed by atoms with van der Waals surface area (Å²) in [6, 6.07) is 19.1. The van der Waals surface area contributed by atoms with E-state index in [1.54, 1.807) is 0 Å². The van der Waals surface area contributed by atoms with E-state index in [0.29, 0.717) is 0 Å². The number of rotatable bonds is 6. The number of imidazole rings is 1. The predicted octanol–water partition coefficient (Wildman–Crippen LogP) is 3.59. The zero-order valence-corrected chi connectivity index (χ0v) is 11.9. The molecule has 0 aliphatic heterocycles. The van der Waals surface area contributed by atoms with E-state index in [1.807, 2.05) is 18.7 Å². The van der Waals surface area contributed by atoms with Crippen molar-refractivity contribution in [3.63, 3.8) is 0 Å². The summed E-state index contributed by atoms with van der Waals surface area (Å²) in [7, 11) is 0. The van der Waals surface area contributed by atoms with Gasteiger partial charge in [-0.1, -0.05) is 42.5 Å². The van der Waals surface area contributed by atoms with Gasteiger partial charge in [-0.3, -0.25) is 0 Å². The van der Waals surface area contributed by atoms with E-state index >= 15 is 0 Å². The Kier molecular flexibility index (Phi) is 4.32. The average Bonchev–Trinajstić information content (AvgIpc) is 3.02. The van der Waals surface area contributed by atoms with Gasteiger partial charge in [-0.2, -0.15) is 0 Å². The number of nitrogens with one attached hydrogen (secondary N) is 1. The van der Waals surface area contributed by atoms with Crippen LogP contribution in [0.2, 0.25) is 0 Å². The van der Waals surface area contributed by atoms with Crippen LogP contribution >= 0.6 is 0 Å². The molecule has 0 unspecified atom stereocenters. The van der Waals surface area contributed by atoms with E-state index in [9.17, 15) is 0 Å². The minimum atomic E-state index is 0.855. The van der Waals surface area contributed by atoms with Gasteiger partial charge in [0.05, 0.1) is 6.33 Å². The van der Waals surface area contributed by atoms with Gasteiger partial charge in [0, 0.05) is 31.2 Å². The monoisotopic (exact) mass is 277 g/mol. The first-order valence-electron chi connectivity index (χ1n) is 7.23. The SMILES string of the molecule is c1ccc(CCNc2cccc(Cn3ccnc3)c2)cc1. The fourth-order valence-electron chi connectivity index (χ4n) is 2.37. The lowest BCUT2D eigenvalue weighted by molar-refractivity contribution is 0.797. The molecule has 21 heavy (non-hydrogen) atoms. The van der Waals surface area contributed by atoms with Gasteiger partial charge < -0.3 is 9.88 Å². The van der Waals surface area contributed by atoms with Gasteiger partial charge in [-0.25, -0.2) is 4.98 Å². The lowest BCUT2D eigenvalue weighted by Crippen LogP contribution is -2.05. The van der Waals surface area contributed by atoms with Crippen molar-refractivity contribution in [2.45, 2.75) is 13.0 Å². The minimum Gasteiger partial charge on any atom is -0.385 e. The molecule has 0 saturated heterocycles. The smallest absolute Gasteiger partial charge is 0.0949 e. The first kappa shape index (κ1) is 13.4. The number of hydrogen-bond donors (Lipinski definition) is 1. The topological polar surface area (TPSA) is 29.9 Å². The van der Waals surface area contributed by atoms with Gasteiger partial charge >= 0.3 is 0 Å². The highest BCUT2D eigenvalue weighted by Gasteiger charge is 1.98. The molecule has 3 nitrogen and oxygen atoms in total. The molecule has 2 aromatic carbocycles. The molecule has 0 aliphatic rings. The standard InChI is InChI=1S/C18H19N3/c1-2-5-16(6-3-1)9-10-20-18-8-4-7-17(13-18)14-21-12-11-19-15-21/h1-8,11-13,15,20H,9-10,14H2. The Balaban J connectivity index is 1.56. The van der Waals surface area contributed by atoms with Crippen LogP contribution in [-0.4, -0.2) is 16.1 Å². The Morgan fingerprint density at radius 1 is 0.952 bits per heavy atom. The molecule has 0 aliphatic carbocycles. The molecular weight excluding hydrogens is 258 g/mol. The number of anilines is 1. The van der Waals surface area contributed by atoms with Crippen LogP contribution in [0.5, 0.6) is 0 Å². The van der Waals surface area contributed by atoms with Crippen LogP contribution in [0.25, 0.3) is 0 Å². The van der Waals surface area contributed by atoms with Crippen LogP contribution in [0.4, 0.5) is 5.69 Å². The van der Waals surface area contributed by atoms with Crippen molar-refractivity contribution >= 4 is 5.69 Å². The summed E-state index contributed by atoms with van der Waals surface area (Å²) in [5, 5.41) is 3.49. The van der Waals surface area contributed by atoms with Crippen molar-refractivity contribution in [3.8, 4) is 0 Å². The molecular formula is C18H19N3. The van der Waals surface area contributed by atoms with Crippen molar-refractivity contribution in [2.75, 3.05) is 11.9 Å². The lowest BCUT2D eigenvalue weighted by Gasteiger charge is -2.09. The number of nitrogens with zero attached hydrogens (tertiary/aromatic N) is 2. The molecule has 106 valence electrons. The van der Waals surface area contributed by atoms with E-state index in [4.69, 9.17) is 0 Å². The third-order valence-electron chi connectivity index (χ3n) is 3.44. The molecule has 0 amide bonds. The maximum atomic E-state index is 4.07. The molecule has 0 atom stereocenters. The molecule has 1 aromatic heterocycles. The van der Waals surface area contributed by atoms with Gasteiger partial charge in [0.15, 0.2) is 0 Å². The van der Waals surface area contributed by atoms with Crippen molar-refractivity contribution in [1.29, 1.82) is 0 Å². The Morgan fingerprint density at radius 3 is 2.62 bits per heavy atom. The summed E-state index contributed by atoms with van der Waals surface area (Å²) in [4.78, 5) is 4.07. The predicted molar refractivity (Wildman–Crippen MR) is 86.4 cm³/mol. The number of aromatic nitrogens is 2. The summed E-state index contributed by atoms with van der Waals surface area (Å²) >= 11 is 0. The van der Waals surface area contributed by atoms with E-state index in [2.05, 4.69) is 69.5 Å². The molecule has 3 aromatic rings. The largest absolute Gasteiger partial charge is 0.385 e. The van der Waals surface area contributed by atoms with Crippen molar-refractivity contribution < 1.29 is 0 Å². The number of benzene rings is 2. The molecule has 0 spiro atoms. The first-order chi connectivity index (χ1) is 10.4. The molecule has 0 bridgehead atoms. The molecule has 1 heterocycles. The van der Waals surface area contributed by atoms with E-state index in [0.717, 1.165) is 19.5 Å². The van der Waals surface area contributed by atoms with E-state index in [1.165, 1.54) is 16.8 Å². The first-order valence-corrected chi connectivity index (χ1v) is 7.23. The highest BCUT2D eigenvalue weighted by Crippen LogP contribution is 2.12. The maximum Gasteiger partial charge on any atom is 0.0949 e. The number of hydrogen-bond acceptors (Lipinski definition) is 2. The van der Waals surface area contributed by atoms with E-state index < -0.39 is 0 Å². The fraction of sp³-hybridized carbons (Fsp3) is 0.167. The van der Waals surface area contributed by atoms with Crippen LogP contribution < -0.4 is 5.32 Å². The van der Waals surface area contributed by atoms with Crippen LogP contribution in [-0.2, 0) is 13.0 Å². The summed E-state index contributed by atoms with van der Waals surface area (Å²) in [6.45, 7) is 1.80. The Bertz CT molecular complexity index is 660. The van der Waals surface area contributed by atoms with Crippen LogP contribution in [0, 0.1) is 0 Å². The Hall–Kier alpha value is -2.55. The van der Waals surface area contributed by atoms with Crippen molar-refractivity contribution in [3.05, 3.63) is 84.4 Å². The van der Waals surface area contributed by atoms with Crippen LogP contribution in [0.15, 0.2) is 73.3 Å². The summed E-state index contributed by atoms with van der Waals surface area (Å²) in [5.41, 5.74) is 3.81. The Morgan fingerprint density at radius 2 is 1.81 bits per heavy atom. The van der Waals surface area contributed by atoms with E-state index in [-0.39, 0.29) is 0 Å². The lowest BCUT2D eigenvalue weighted by atomic mass is 10.1. The third-order valence-corrected chi connectivity index (χ3v) is 3.44. The second-order valence-corrected chi connectivity index (χ2v) is 5.10. The third kappa shape index (κ3) is 3.96. The summed E-state index contributed by atoms with van der Waals surface area (Å²) in [5.74, 6) is 0. The van der Waals surface area contributed by atoms with Crippen molar-refractivity contribution in [1.82, 2.24) is 9.55 Å². The zero-order chi connectivity index (χ0) is 14.3. The highest BCUT2D eigenvalue weighted by atomic mass is 15.0. The van der Waals surface area contributed by atoms with Gasteiger partial charge in [-0.15, -0.1) is 0 Å². The molecule has 3 rings (SSSR count). The van der Waals surface area contributed by atoms with Gasteiger partial charge in [0.1, 0.15) is 0 Å². The quantitative estimate of drug-likeness (QED) is 0.746. The Labute approximate surface area is 125 Å². The summed E-state index contributed by atoms with van der Waals surface area (Å²) in [6.07, 6.45) is 6.67. The highest BCUT2D eigenvalue weighted by molar-refractivity contribution is 5.45. The van der Waals surface area contributed by atoms with Crippen LogP contribution in [0.1, 0.15) is 11.1 Å². The normalized spacial score (nSPS) is 10.5. The summed E-state index contributed by atoms with van der Waals surface area (Å²) < 4.78 is 2.07. The molecule has 0 saturated carbocycles. The second-order valence-electron chi connectivity index (χ2n) is 5.10. The second kappa shape index (κ2) is 6.75.